The van der Waals surface area contributed by atoms with E-state index in [0.717, 1.165) is 36.1 Å². The van der Waals surface area contributed by atoms with Gasteiger partial charge in [-0.3, -0.25) is 15.1 Å². The van der Waals surface area contributed by atoms with Gasteiger partial charge in [-0.15, -0.1) is 0 Å². The topological polar surface area (TPSA) is 60.2 Å². The Morgan fingerprint density at radius 1 is 1.32 bits per heavy atom. The van der Waals surface area contributed by atoms with Crippen LogP contribution in [0.25, 0.3) is 10.9 Å². The SMILES string of the molecule is CC(C)N1CC=C(NNC(=O)c2c[nH]c3ccccc23)CC1. The molecule has 1 aliphatic heterocycles. The molecule has 1 aromatic heterocycles. The average molecular weight is 298 g/mol. The Morgan fingerprint density at radius 2 is 2.14 bits per heavy atom. The number of para-hydroxylation sites is 1. The van der Waals surface area contributed by atoms with Crippen molar-refractivity contribution in [3.05, 3.63) is 47.8 Å². The summed E-state index contributed by atoms with van der Waals surface area (Å²) >= 11 is 0. The minimum Gasteiger partial charge on any atom is -0.360 e. The molecule has 1 aromatic carbocycles. The van der Waals surface area contributed by atoms with Crippen molar-refractivity contribution in [3.63, 3.8) is 0 Å². The molecule has 3 rings (SSSR count). The monoisotopic (exact) mass is 298 g/mol. The minimum absolute atomic E-state index is 0.121. The van der Waals surface area contributed by atoms with E-state index < -0.39 is 0 Å². The second kappa shape index (κ2) is 6.23. The predicted octanol–water partition coefficient (Wildman–Crippen LogP) is 2.40. The van der Waals surface area contributed by atoms with E-state index in [-0.39, 0.29) is 5.91 Å². The van der Waals surface area contributed by atoms with Crippen molar-refractivity contribution in [1.82, 2.24) is 20.7 Å². The summed E-state index contributed by atoms with van der Waals surface area (Å²) in [5, 5.41) is 0.936. The Labute approximate surface area is 130 Å². The fourth-order valence-corrected chi connectivity index (χ4v) is 2.73. The van der Waals surface area contributed by atoms with Crippen LogP contribution in [0.5, 0.6) is 0 Å². The molecule has 0 aliphatic carbocycles. The number of rotatable bonds is 4. The predicted molar refractivity (Wildman–Crippen MR) is 88.3 cm³/mol. The van der Waals surface area contributed by atoms with Gasteiger partial charge in [0.05, 0.1) is 5.56 Å². The molecule has 5 nitrogen and oxygen atoms in total. The van der Waals surface area contributed by atoms with Gasteiger partial charge >= 0.3 is 0 Å². The number of nitrogens with one attached hydrogen (secondary N) is 3. The number of H-pyrrole nitrogens is 1. The largest absolute Gasteiger partial charge is 0.360 e. The summed E-state index contributed by atoms with van der Waals surface area (Å²) in [5.74, 6) is -0.121. The first kappa shape index (κ1) is 14.7. The van der Waals surface area contributed by atoms with Crippen molar-refractivity contribution >= 4 is 16.8 Å². The molecule has 2 heterocycles. The maximum atomic E-state index is 12.3. The third-order valence-corrected chi connectivity index (χ3v) is 4.14. The summed E-state index contributed by atoms with van der Waals surface area (Å²) in [7, 11) is 0. The summed E-state index contributed by atoms with van der Waals surface area (Å²) in [6.45, 7) is 6.33. The van der Waals surface area contributed by atoms with Crippen molar-refractivity contribution in [3.8, 4) is 0 Å². The molecule has 0 radical (unpaired) electrons. The third-order valence-electron chi connectivity index (χ3n) is 4.14. The zero-order valence-corrected chi connectivity index (χ0v) is 13.0. The first-order valence-corrected chi connectivity index (χ1v) is 7.70. The van der Waals surface area contributed by atoms with Crippen LogP contribution in [0.3, 0.4) is 0 Å². The van der Waals surface area contributed by atoms with E-state index in [1.54, 1.807) is 6.20 Å². The van der Waals surface area contributed by atoms with Gasteiger partial charge in [-0.2, -0.15) is 0 Å². The van der Waals surface area contributed by atoms with Crippen LogP contribution >= 0.6 is 0 Å². The van der Waals surface area contributed by atoms with Crippen LogP contribution in [0.4, 0.5) is 0 Å². The Hall–Kier alpha value is -2.27. The van der Waals surface area contributed by atoms with Gasteiger partial charge in [-0.25, -0.2) is 0 Å². The fourth-order valence-electron chi connectivity index (χ4n) is 2.73. The lowest BCUT2D eigenvalue weighted by molar-refractivity contribution is 0.0938. The number of benzene rings is 1. The molecule has 1 aliphatic rings. The van der Waals surface area contributed by atoms with E-state index in [1.165, 1.54) is 0 Å². The summed E-state index contributed by atoms with van der Waals surface area (Å²) < 4.78 is 0. The number of amides is 1. The molecule has 1 amide bonds. The number of carbonyl (C=O) groups excluding carboxylic acids is 1. The van der Waals surface area contributed by atoms with Gasteiger partial charge in [0.25, 0.3) is 5.91 Å². The van der Waals surface area contributed by atoms with E-state index in [2.05, 4.69) is 40.7 Å². The lowest BCUT2D eigenvalue weighted by Crippen LogP contribution is -2.41. The number of aromatic nitrogens is 1. The molecule has 0 atom stereocenters. The van der Waals surface area contributed by atoms with Gasteiger partial charge in [0.1, 0.15) is 0 Å². The molecule has 0 unspecified atom stereocenters. The van der Waals surface area contributed by atoms with E-state index in [0.29, 0.717) is 11.6 Å². The second-order valence-corrected chi connectivity index (χ2v) is 5.90. The highest BCUT2D eigenvalue weighted by Crippen LogP contribution is 2.17. The molecule has 0 fully saturated rings. The molecule has 116 valence electrons. The maximum absolute atomic E-state index is 12.3. The van der Waals surface area contributed by atoms with Crippen LogP contribution in [-0.2, 0) is 0 Å². The first-order chi connectivity index (χ1) is 10.6. The number of hydrogen-bond acceptors (Lipinski definition) is 3. The number of carbonyl (C=O) groups is 1. The smallest absolute Gasteiger partial charge is 0.271 e. The first-order valence-electron chi connectivity index (χ1n) is 7.70. The highest BCUT2D eigenvalue weighted by atomic mass is 16.2. The highest BCUT2D eigenvalue weighted by Gasteiger charge is 2.15. The number of hydrazine groups is 1. The van der Waals surface area contributed by atoms with E-state index in [4.69, 9.17) is 0 Å². The molecule has 0 bridgehead atoms. The molecule has 3 N–H and O–H groups in total. The molecule has 2 aromatic rings. The van der Waals surface area contributed by atoms with Gasteiger partial charge in [0.2, 0.25) is 0 Å². The summed E-state index contributed by atoms with van der Waals surface area (Å²) in [6.07, 6.45) is 4.81. The molecule has 0 saturated heterocycles. The molecule has 22 heavy (non-hydrogen) atoms. The Balaban J connectivity index is 1.61. The van der Waals surface area contributed by atoms with Crippen LogP contribution in [0.2, 0.25) is 0 Å². The van der Waals surface area contributed by atoms with Crippen molar-refractivity contribution in [1.29, 1.82) is 0 Å². The molecular formula is C17H22N4O. The van der Waals surface area contributed by atoms with Gasteiger partial charge in [0, 0.05) is 48.3 Å². The van der Waals surface area contributed by atoms with Gasteiger partial charge in [-0.05, 0) is 26.0 Å². The Bertz CT molecular complexity index is 702. The van der Waals surface area contributed by atoms with Crippen LogP contribution in [0.15, 0.2) is 42.2 Å². The maximum Gasteiger partial charge on any atom is 0.271 e. The normalized spacial score (nSPS) is 15.9. The minimum atomic E-state index is -0.121. The molecular weight excluding hydrogens is 276 g/mol. The quantitative estimate of drug-likeness (QED) is 0.760. The average Bonchev–Trinajstić information content (AvgIpc) is 2.97. The van der Waals surface area contributed by atoms with Gasteiger partial charge < -0.3 is 10.4 Å². The van der Waals surface area contributed by atoms with E-state index >= 15 is 0 Å². The Morgan fingerprint density at radius 3 is 2.86 bits per heavy atom. The number of fused-ring (bicyclic) bond motifs is 1. The zero-order chi connectivity index (χ0) is 15.5. The third kappa shape index (κ3) is 2.99. The lowest BCUT2D eigenvalue weighted by Gasteiger charge is -2.29. The van der Waals surface area contributed by atoms with Gasteiger partial charge in [-0.1, -0.05) is 18.2 Å². The number of hydrogen-bond donors (Lipinski definition) is 3. The van der Waals surface area contributed by atoms with Crippen LogP contribution in [0, 0.1) is 0 Å². The van der Waals surface area contributed by atoms with Crippen LogP contribution in [-0.4, -0.2) is 34.9 Å². The molecule has 0 spiro atoms. The van der Waals surface area contributed by atoms with Crippen molar-refractivity contribution in [2.24, 2.45) is 0 Å². The van der Waals surface area contributed by atoms with Crippen molar-refractivity contribution < 1.29 is 4.79 Å². The molecule has 5 heteroatoms. The second-order valence-electron chi connectivity index (χ2n) is 5.90. The van der Waals surface area contributed by atoms with Crippen molar-refractivity contribution in [2.75, 3.05) is 13.1 Å². The van der Waals surface area contributed by atoms with Crippen molar-refractivity contribution in [2.45, 2.75) is 26.3 Å². The fraction of sp³-hybridized carbons (Fsp3) is 0.353. The molecule has 0 saturated carbocycles. The summed E-state index contributed by atoms with van der Waals surface area (Å²) in [4.78, 5) is 17.8. The zero-order valence-electron chi connectivity index (χ0n) is 13.0. The summed E-state index contributed by atoms with van der Waals surface area (Å²) in [6, 6.07) is 8.35. The van der Waals surface area contributed by atoms with Crippen LogP contribution in [0.1, 0.15) is 30.6 Å². The van der Waals surface area contributed by atoms with Crippen LogP contribution < -0.4 is 10.9 Å². The highest BCUT2D eigenvalue weighted by molar-refractivity contribution is 6.06. The van der Waals surface area contributed by atoms with E-state index in [9.17, 15) is 4.79 Å². The standard InChI is InChI=1S/C17H22N4O/c1-12(2)21-9-7-13(8-10-21)19-20-17(22)15-11-18-16-6-4-3-5-14(15)16/h3-7,11-12,18-19H,8-10H2,1-2H3,(H,20,22). The number of nitrogens with zero attached hydrogens (tertiary/aromatic N) is 1. The lowest BCUT2D eigenvalue weighted by atomic mass is 10.1. The summed E-state index contributed by atoms with van der Waals surface area (Å²) in [5.41, 5.74) is 8.55. The Kier molecular flexibility index (Phi) is 4.15. The van der Waals surface area contributed by atoms with Gasteiger partial charge in [0.15, 0.2) is 0 Å². The number of aromatic amines is 1. The van der Waals surface area contributed by atoms with E-state index in [1.807, 2.05) is 24.3 Å².